The molecule has 1 saturated heterocycles. The third-order valence-corrected chi connectivity index (χ3v) is 14.0. The lowest BCUT2D eigenvalue weighted by Crippen LogP contribution is -2.69. The summed E-state index contributed by atoms with van der Waals surface area (Å²) in [4.78, 5) is 75.9. The molecule has 3 amide bonds. The van der Waals surface area contributed by atoms with Crippen molar-refractivity contribution in [1.82, 2.24) is 20.9 Å². The van der Waals surface area contributed by atoms with E-state index in [1.807, 2.05) is 30.3 Å². The number of amides is 3. The molecular formula is C45H74N8O5. The van der Waals surface area contributed by atoms with Gasteiger partial charge in [-0.2, -0.15) is 0 Å². The Morgan fingerprint density at radius 1 is 0.793 bits per heavy atom. The number of unbranched alkanes of at least 4 members (excludes halogenated alkanes) is 1. The zero-order chi connectivity index (χ0) is 41.7. The summed E-state index contributed by atoms with van der Waals surface area (Å²) in [5, 5.41) is 9.27. The predicted molar refractivity (Wildman–Crippen MR) is 227 cm³/mol. The number of nitrogens with one attached hydrogen (secondary N) is 3. The van der Waals surface area contributed by atoms with E-state index < -0.39 is 59.0 Å². The Hall–Kier alpha value is -3.23. The summed E-state index contributed by atoms with van der Waals surface area (Å²) in [5.74, 6) is -2.36. The van der Waals surface area contributed by atoms with E-state index in [4.69, 9.17) is 22.9 Å². The minimum absolute atomic E-state index is 0.0758. The molecule has 1 heterocycles. The average molecular weight is 807 g/mol. The number of ketones is 2. The van der Waals surface area contributed by atoms with Gasteiger partial charge in [0.15, 0.2) is 11.6 Å². The van der Waals surface area contributed by atoms with E-state index >= 15 is 9.59 Å². The van der Waals surface area contributed by atoms with Crippen molar-refractivity contribution in [3.8, 4) is 0 Å². The van der Waals surface area contributed by atoms with Gasteiger partial charge in [-0.25, -0.2) is 0 Å². The van der Waals surface area contributed by atoms with E-state index in [0.717, 1.165) is 69.8 Å². The smallest absolute Gasteiger partial charge is 0.245 e. The minimum atomic E-state index is -1.91. The Morgan fingerprint density at radius 3 is 2.09 bits per heavy atom. The molecule has 5 rings (SSSR count). The van der Waals surface area contributed by atoms with E-state index in [1.54, 1.807) is 11.9 Å². The summed E-state index contributed by atoms with van der Waals surface area (Å²) in [6, 6.07) is 4.64. The largest absolute Gasteiger partial charge is 0.352 e. The van der Waals surface area contributed by atoms with Crippen molar-refractivity contribution in [2.24, 2.45) is 40.2 Å². The maximum Gasteiger partial charge on any atom is 0.245 e. The number of carbonyl (C=O) groups is 5. The maximum atomic E-state index is 15.8. The van der Waals surface area contributed by atoms with Gasteiger partial charge < -0.3 is 43.8 Å². The van der Waals surface area contributed by atoms with Gasteiger partial charge in [0.05, 0.1) is 18.1 Å². The summed E-state index contributed by atoms with van der Waals surface area (Å²) in [6.07, 6.45) is 15.2. The van der Waals surface area contributed by atoms with Crippen LogP contribution in [0.15, 0.2) is 30.3 Å². The van der Waals surface area contributed by atoms with Gasteiger partial charge in [0.2, 0.25) is 17.7 Å². The number of carbonyl (C=O) groups excluding carboxylic acids is 5. The summed E-state index contributed by atoms with van der Waals surface area (Å²) < 4.78 is 0. The Morgan fingerprint density at radius 2 is 1.45 bits per heavy atom. The van der Waals surface area contributed by atoms with E-state index in [1.165, 1.54) is 0 Å². The molecule has 0 bridgehead atoms. The van der Waals surface area contributed by atoms with Crippen LogP contribution < -0.4 is 38.9 Å². The molecular weight excluding hydrogens is 733 g/mol. The molecule has 3 aliphatic carbocycles. The number of hydrogen-bond acceptors (Lipinski definition) is 10. The Balaban J connectivity index is 1.48. The molecule has 0 spiro atoms. The molecule has 0 aromatic heterocycles. The van der Waals surface area contributed by atoms with Crippen molar-refractivity contribution in [3.63, 3.8) is 0 Å². The Bertz CT molecular complexity index is 1490. The van der Waals surface area contributed by atoms with Crippen molar-refractivity contribution in [2.45, 2.75) is 177 Å². The van der Waals surface area contributed by atoms with Crippen LogP contribution in [0.1, 0.15) is 134 Å². The van der Waals surface area contributed by atoms with E-state index in [-0.39, 0.29) is 36.4 Å². The number of rotatable bonds is 20. The van der Waals surface area contributed by atoms with Gasteiger partial charge in [0.25, 0.3) is 0 Å². The summed E-state index contributed by atoms with van der Waals surface area (Å²) in [5.41, 5.74) is 25.2. The van der Waals surface area contributed by atoms with Crippen molar-refractivity contribution >= 4 is 29.3 Å². The van der Waals surface area contributed by atoms with Gasteiger partial charge >= 0.3 is 0 Å². The van der Waals surface area contributed by atoms with Crippen LogP contribution in [0.5, 0.6) is 0 Å². The number of nitrogens with zero attached hydrogens (tertiary/aromatic N) is 1. The van der Waals surface area contributed by atoms with Crippen LogP contribution >= 0.6 is 0 Å². The highest BCUT2D eigenvalue weighted by molar-refractivity contribution is 6.16. The van der Waals surface area contributed by atoms with Crippen molar-refractivity contribution < 1.29 is 24.0 Å². The number of likely N-dealkylation sites (tertiary alicyclic amines) is 1. The second-order valence-electron chi connectivity index (χ2n) is 17.9. The van der Waals surface area contributed by atoms with Crippen molar-refractivity contribution in [3.05, 3.63) is 35.9 Å². The van der Waals surface area contributed by atoms with Crippen LogP contribution in [0.4, 0.5) is 0 Å². The summed E-state index contributed by atoms with van der Waals surface area (Å²) in [6.45, 7) is 0.721. The van der Waals surface area contributed by atoms with Crippen LogP contribution in [0.3, 0.4) is 0 Å². The molecule has 4 fully saturated rings. The van der Waals surface area contributed by atoms with Crippen LogP contribution in [0.25, 0.3) is 0 Å². The second-order valence-corrected chi connectivity index (χ2v) is 17.9. The van der Waals surface area contributed by atoms with Gasteiger partial charge in [-0.05, 0) is 114 Å². The van der Waals surface area contributed by atoms with Gasteiger partial charge in [-0.15, -0.1) is 0 Å². The molecule has 4 aliphatic rings. The van der Waals surface area contributed by atoms with Crippen LogP contribution in [-0.2, 0) is 30.4 Å². The van der Waals surface area contributed by atoms with Gasteiger partial charge in [0, 0.05) is 18.6 Å². The van der Waals surface area contributed by atoms with E-state index in [0.29, 0.717) is 77.2 Å². The first kappa shape index (κ1) is 45.8. The number of Topliss-reactive ketones (excluding diaryl/α,β-unsaturated/α-hetero) is 2. The molecule has 6 atom stereocenters. The Kier molecular flexibility index (Phi) is 17.7. The fourth-order valence-electron chi connectivity index (χ4n) is 10.6. The fraction of sp³-hybridized carbons (Fsp3) is 0.756. The van der Waals surface area contributed by atoms with Crippen LogP contribution in [-0.4, -0.2) is 96.6 Å². The molecule has 3 saturated carbocycles. The number of nitrogens with two attached hydrogens (primary N) is 4. The first-order valence-electron chi connectivity index (χ1n) is 22.7. The highest BCUT2D eigenvalue weighted by atomic mass is 16.2. The lowest BCUT2D eigenvalue weighted by molar-refractivity contribution is -0.158. The normalized spacial score (nSPS) is 25.2. The molecule has 1 aliphatic heterocycles. The standard InChI is InChI=1S/C45H74N8O5/c1-50-37(29-31-16-7-3-8-17-31)42(56)52-36(20-11-12-26-46)44(58)53-27-13-21-38(53)41(55)45(32-18-9-4-10-19-32,40(54)35(48)28-30-14-5-2-6-15-30)39(49)43(57)51-34-24-22-33(47)23-25-34/h3,7-8,16-17,30,32-39,50H,2,4-6,9-15,18-29,46-49H2,1H3,(H,51,57)(H,52,56)/t33-,34+,35-,36+,37+,38+,39-,45?/m1/s1. The molecule has 1 unspecified atom stereocenters. The molecule has 13 heteroatoms. The predicted octanol–water partition coefficient (Wildman–Crippen LogP) is 3.14. The minimum Gasteiger partial charge on any atom is -0.352 e. The molecule has 13 nitrogen and oxygen atoms in total. The SMILES string of the molecule is CN[C@@H](Cc1ccccc1)C(=O)N[C@@H](CCCCN)C(=O)N1CCC[C@H]1C(=O)C(C(=O)[C@H](N)CC1CCCCC1)(C1CCCCC1)[C@H](N)C(=O)N[C@H]1CC[C@@H](N)CC1. The first-order valence-corrected chi connectivity index (χ1v) is 22.7. The third kappa shape index (κ3) is 11.3. The highest BCUT2D eigenvalue weighted by Crippen LogP contribution is 2.46. The topological polar surface area (TPSA) is 229 Å². The fourth-order valence-corrected chi connectivity index (χ4v) is 10.6. The van der Waals surface area contributed by atoms with E-state index in [9.17, 15) is 14.4 Å². The summed E-state index contributed by atoms with van der Waals surface area (Å²) in [7, 11) is 1.72. The zero-order valence-corrected chi connectivity index (χ0v) is 35.1. The molecule has 1 aromatic rings. The number of hydrogen-bond donors (Lipinski definition) is 7. The molecule has 1 aromatic carbocycles. The lowest BCUT2D eigenvalue weighted by atomic mass is 9.57. The van der Waals surface area contributed by atoms with E-state index in [2.05, 4.69) is 16.0 Å². The number of likely N-dealkylation sites (N-methyl/N-ethyl adjacent to an activating group) is 1. The van der Waals surface area contributed by atoms with Gasteiger partial charge in [-0.1, -0.05) is 81.7 Å². The molecule has 324 valence electrons. The molecule has 11 N–H and O–H groups in total. The van der Waals surface area contributed by atoms with Crippen molar-refractivity contribution in [2.75, 3.05) is 20.1 Å². The first-order chi connectivity index (χ1) is 28.0. The molecule has 0 radical (unpaired) electrons. The van der Waals surface area contributed by atoms with Gasteiger partial charge in [-0.3, -0.25) is 24.0 Å². The Labute approximate surface area is 346 Å². The van der Waals surface area contributed by atoms with Crippen LogP contribution in [0.2, 0.25) is 0 Å². The average Bonchev–Trinajstić information content (AvgIpc) is 3.74. The lowest BCUT2D eigenvalue weighted by Gasteiger charge is -2.47. The zero-order valence-electron chi connectivity index (χ0n) is 35.1. The van der Waals surface area contributed by atoms with Crippen LogP contribution in [0, 0.1) is 17.3 Å². The third-order valence-electron chi connectivity index (χ3n) is 14.0. The second kappa shape index (κ2) is 22.4. The quantitative estimate of drug-likeness (QED) is 0.0752. The monoisotopic (exact) mass is 807 g/mol. The summed E-state index contributed by atoms with van der Waals surface area (Å²) >= 11 is 0. The number of benzene rings is 1. The highest BCUT2D eigenvalue weighted by Gasteiger charge is 2.62. The molecule has 58 heavy (non-hydrogen) atoms. The van der Waals surface area contributed by atoms with Crippen molar-refractivity contribution in [1.29, 1.82) is 0 Å². The maximum absolute atomic E-state index is 15.8. The van der Waals surface area contributed by atoms with Gasteiger partial charge in [0.1, 0.15) is 17.5 Å².